The highest BCUT2D eigenvalue weighted by Crippen LogP contribution is 2.32. The number of rotatable bonds is 6. The molecule has 0 bridgehead atoms. The molecule has 0 radical (unpaired) electrons. The Labute approximate surface area is 194 Å². The van der Waals surface area contributed by atoms with Crippen molar-refractivity contribution in [1.29, 1.82) is 0 Å². The number of carbonyl (C=O) groups is 1. The summed E-state index contributed by atoms with van der Waals surface area (Å²) in [7, 11) is 3.14. The molecule has 0 unspecified atom stereocenters. The van der Waals surface area contributed by atoms with E-state index < -0.39 is 0 Å². The van der Waals surface area contributed by atoms with Crippen LogP contribution in [0.4, 0.5) is 0 Å². The van der Waals surface area contributed by atoms with Crippen LogP contribution in [-0.2, 0) is 0 Å². The molecule has 6 nitrogen and oxygen atoms in total. The number of nitrogens with zero attached hydrogens (tertiary/aromatic N) is 2. The summed E-state index contributed by atoms with van der Waals surface area (Å²) in [5.41, 5.74) is 6.19. The maximum absolute atomic E-state index is 13.0. The van der Waals surface area contributed by atoms with Crippen LogP contribution in [0, 0.1) is 0 Å². The van der Waals surface area contributed by atoms with Crippen LogP contribution in [0.1, 0.15) is 15.9 Å². The monoisotopic (exact) mass is 489 g/mol. The second-order valence-electron chi connectivity index (χ2n) is 6.87. The van der Waals surface area contributed by atoms with Crippen molar-refractivity contribution in [1.82, 2.24) is 10.4 Å². The molecule has 32 heavy (non-hydrogen) atoms. The van der Waals surface area contributed by atoms with Crippen LogP contribution < -0.4 is 14.9 Å². The molecule has 1 amide bonds. The standard InChI is InChI=1S/C25H20BrN3O3/c1-31-23-14-24(32-2)20(26)12-17(23)15-27-29-25(30)19-13-22(16-8-4-3-5-9-16)28-21-11-7-6-10-18(19)21/h3-15H,1-2H3,(H,29,30)/b27-15+. The number of benzene rings is 3. The van der Waals surface area contributed by atoms with Crippen LogP contribution >= 0.6 is 15.9 Å². The molecular formula is C25H20BrN3O3. The highest BCUT2D eigenvalue weighted by molar-refractivity contribution is 9.10. The zero-order chi connectivity index (χ0) is 22.5. The summed E-state index contributed by atoms with van der Waals surface area (Å²) in [6, 6.07) is 22.6. The van der Waals surface area contributed by atoms with Crippen molar-refractivity contribution >= 4 is 39.0 Å². The first kappa shape index (κ1) is 21.5. The summed E-state index contributed by atoms with van der Waals surface area (Å²) in [5, 5.41) is 4.90. The van der Waals surface area contributed by atoms with Gasteiger partial charge >= 0.3 is 0 Å². The van der Waals surface area contributed by atoms with Gasteiger partial charge in [0.05, 0.1) is 41.7 Å². The van der Waals surface area contributed by atoms with E-state index in [-0.39, 0.29) is 5.91 Å². The lowest BCUT2D eigenvalue weighted by Crippen LogP contribution is -2.18. The molecule has 1 aromatic heterocycles. The molecule has 0 spiro atoms. The fraction of sp³-hybridized carbons (Fsp3) is 0.0800. The molecule has 7 heteroatoms. The second kappa shape index (κ2) is 9.62. The molecule has 0 aliphatic carbocycles. The fourth-order valence-corrected chi connectivity index (χ4v) is 3.85. The molecule has 4 aromatic rings. The van der Waals surface area contributed by atoms with E-state index in [2.05, 4.69) is 26.5 Å². The topological polar surface area (TPSA) is 72.8 Å². The quantitative estimate of drug-likeness (QED) is 0.289. The minimum atomic E-state index is -0.330. The average Bonchev–Trinajstić information content (AvgIpc) is 2.84. The second-order valence-corrected chi connectivity index (χ2v) is 7.72. The number of para-hydroxylation sites is 1. The summed E-state index contributed by atoms with van der Waals surface area (Å²) in [5.74, 6) is 0.882. The van der Waals surface area contributed by atoms with E-state index in [0.29, 0.717) is 22.6 Å². The number of hydrogen-bond donors (Lipinski definition) is 1. The minimum absolute atomic E-state index is 0.330. The lowest BCUT2D eigenvalue weighted by molar-refractivity contribution is 0.0956. The Balaban J connectivity index is 1.65. The molecule has 160 valence electrons. The molecule has 0 fully saturated rings. The van der Waals surface area contributed by atoms with Crippen molar-refractivity contribution in [2.75, 3.05) is 14.2 Å². The Bertz CT molecular complexity index is 1310. The first-order valence-corrected chi connectivity index (χ1v) is 10.6. The van der Waals surface area contributed by atoms with Gasteiger partial charge in [0.25, 0.3) is 5.91 Å². The van der Waals surface area contributed by atoms with Gasteiger partial charge in [-0.3, -0.25) is 4.79 Å². The zero-order valence-corrected chi connectivity index (χ0v) is 19.1. The number of aromatic nitrogens is 1. The first-order chi connectivity index (χ1) is 15.6. The maximum atomic E-state index is 13.0. The molecule has 4 rings (SSSR count). The van der Waals surface area contributed by atoms with E-state index in [9.17, 15) is 4.79 Å². The number of fused-ring (bicyclic) bond motifs is 1. The van der Waals surface area contributed by atoms with Crippen molar-refractivity contribution in [2.24, 2.45) is 5.10 Å². The molecule has 0 saturated heterocycles. The van der Waals surface area contributed by atoms with Crippen LogP contribution in [0.2, 0.25) is 0 Å². The number of nitrogens with one attached hydrogen (secondary N) is 1. The third kappa shape index (κ3) is 4.48. The minimum Gasteiger partial charge on any atom is -0.496 e. The third-order valence-corrected chi connectivity index (χ3v) is 5.52. The molecule has 3 aromatic carbocycles. The summed E-state index contributed by atoms with van der Waals surface area (Å²) in [6.07, 6.45) is 1.53. The van der Waals surface area contributed by atoms with E-state index >= 15 is 0 Å². The Morgan fingerprint density at radius 2 is 1.69 bits per heavy atom. The van der Waals surface area contributed by atoms with Crippen molar-refractivity contribution in [3.05, 3.63) is 88.4 Å². The van der Waals surface area contributed by atoms with E-state index in [4.69, 9.17) is 14.5 Å². The summed E-state index contributed by atoms with van der Waals surface area (Å²) in [4.78, 5) is 17.8. The number of hydrazone groups is 1. The zero-order valence-electron chi connectivity index (χ0n) is 17.5. The van der Waals surface area contributed by atoms with Gasteiger partial charge in [0.1, 0.15) is 11.5 Å². The van der Waals surface area contributed by atoms with E-state index in [0.717, 1.165) is 26.6 Å². The van der Waals surface area contributed by atoms with Crippen molar-refractivity contribution in [2.45, 2.75) is 0 Å². The van der Waals surface area contributed by atoms with Crippen LogP contribution in [0.3, 0.4) is 0 Å². The molecule has 1 N–H and O–H groups in total. The van der Waals surface area contributed by atoms with E-state index in [1.165, 1.54) is 6.21 Å². The van der Waals surface area contributed by atoms with Crippen LogP contribution in [0.25, 0.3) is 22.2 Å². The number of amides is 1. The number of ether oxygens (including phenoxy) is 2. The predicted molar refractivity (Wildman–Crippen MR) is 129 cm³/mol. The average molecular weight is 490 g/mol. The maximum Gasteiger partial charge on any atom is 0.272 e. The number of methoxy groups -OCH3 is 2. The molecule has 0 atom stereocenters. The number of carbonyl (C=O) groups excluding carboxylic acids is 1. The Hall–Kier alpha value is -3.71. The first-order valence-electron chi connectivity index (χ1n) is 9.81. The third-order valence-electron chi connectivity index (χ3n) is 4.90. The van der Waals surface area contributed by atoms with Gasteiger partial charge in [-0.15, -0.1) is 0 Å². The highest BCUT2D eigenvalue weighted by Gasteiger charge is 2.14. The smallest absolute Gasteiger partial charge is 0.272 e. The Kier molecular flexibility index (Phi) is 6.47. The van der Waals surface area contributed by atoms with Gasteiger partial charge in [-0.1, -0.05) is 48.5 Å². The van der Waals surface area contributed by atoms with Crippen LogP contribution in [-0.4, -0.2) is 31.3 Å². The summed E-state index contributed by atoms with van der Waals surface area (Å²) < 4.78 is 11.4. The normalized spacial score (nSPS) is 11.0. The van der Waals surface area contributed by atoms with Gasteiger partial charge in [0.2, 0.25) is 0 Å². The molecular weight excluding hydrogens is 470 g/mol. The van der Waals surface area contributed by atoms with Crippen molar-refractivity contribution in [3.8, 4) is 22.8 Å². The largest absolute Gasteiger partial charge is 0.496 e. The molecule has 0 aliphatic rings. The van der Waals surface area contributed by atoms with Crippen LogP contribution in [0.5, 0.6) is 11.5 Å². The van der Waals surface area contributed by atoms with Crippen LogP contribution in [0.15, 0.2) is 82.4 Å². The number of hydrogen-bond acceptors (Lipinski definition) is 5. The van der Waals surface area contributed by atoms with Crippen molar-refractivity contribution in [3.63, 3.8) is 0 Å². The molecule has 1 heterocycles. The number of halogens is 1. The predicted octanol–water partition coefficient (Wildman–Crippen LogP) is 5.45. The van der Waals surface area contributed by atoms with Gasteiger partial charge < -0.3 is 9.47 Å². The van der Waals surface area contributed by atoms with Gasteiger partial charge in [0.15, 0.2) is 0 Å². The SMILES string of the molecule is COc1cc(OC)c(/C=N/NC(=O)c2cc(-c3ccccc3)nc3ccccc23)cc1Br. The summed E-state index contributed by atoms with van der Waals surface area (Å²) in [6.45, 7) is 0. The molecule has 0 saturated carbocycles. The van der Waals surface area contributed by atoms with Gasteiger partial charge in [-0.05, 0) is 34.1 Å². The number of pyridine rings is 1. The van der Waals surface area contributed by atoms with Gasteiger partial charge in [0, 0.05) is 22.6 Å². The highest BCUT2D eigenvalue weighted by atomic mass is 79.9. The fourth-order valence-electron chi connectivity index (χ4n) is 3.32. The Morgan fingerprint density at radius 3 is 2.44 bits per heavy atom. The summed E-state index contributed by atoms with van der Waals surface area (Å²) >= 11 is 3.45. The Morgan fingerprint density at radius 1 is 0.969 bits per heavy atom. The van der Waals surface area contributed by atoms with Gasteiger partial charge in [-0.25, -0.2) is 10.4 Å². The van der Waals surface area contributed by atoms with Crippen molar-refractivity contribution < 1.29 is 14.3 Å². The lowest BCUT2D eigenvalue weighted by atomic mass is 10.0. The van der Waals surface area contributed by atoms with E-state index in [1.54, 1.807) is 26.4 Å². The van der Waals surface area contributed by atoms with Gasteiger partial charge in [-0.2, -0.15) is 5.10 Å². The lowest BCUT2D eigenvalue weighted by Gasteiger charge is -2.10. The van der Waals surface area contributed by atoms with E-state index in [1.807, 2.05) is 60.7 Å². The molecule has 0 aliphatic heterocycles.